The van der Waals surface area contributed by atoms with Gasteiger partial charge in [0.05, 0.1) is 54.3 Å². The summed E-state index contributed by atoms with van der Waals surface area (Å²) in [6.07, 6.45) is 12.6. The number of hydrogen-bond acceptors (Lipinski definition) is 30. The number of methoxy groups -OCH3 is 2. The molecule has 6 aromatic heterocycles. The van der Waals surface area contributed by atoms with Crippen molar-refractivity contribution in [3.63, 3.8) is 0 Å². The highest BCUT2D eigenvalue weighted by Crippen LogP contribution is 2.45. The number of aromatic nitrogens is 7. The lowest BCUT2D eigenvalue weighted by Crippen LogP contribution is -2.52. The number of ether oxygens (including phenoxy) is 3. The molecule has 3 saturated heterocycles. The van der Waals surface area contributed by atoms with Crippen LogP contribution < -0.4 is 30.7 Å². The number of piperidine rings is 2. The van der Waals surface area contributed by atoms with Crippen LogP contribution in [0.3, 0.4) is 0 Å². The van der Waals surface area contributed by atoms with Gasteiger partial charge in [-0.1, -0.05) is 68.7 Å². The van der Waals surface area contributed by atoms with Crippen molar-refractivity contribution in [2.24, 2.45) is 32.7 Å². The molecule has 15 rings (SSSR count). The standard InChI is InChI=1S/C25H22ClFN6O4S.C24H21BrFN5O4S2.C23H18ClF2N5O5S/c1-37-24(36)18-19(13-4-7-33(8-5-13)25-29-11-14(12-30-25)23(34)35)31-21(22-28-6-9-38-22)32-20(18)16-3-2-15(27)10-17(16)26;1-35-23(34)17-18(12-4-7-31(8-5-12)24-28-11-16(37-24)22(32)33)29-20(21-27-6-9-36-21)30-19(17)14-3-2-13(26)10-15(14)25;1-2-35-22(34)14-17(10-7-31(8-10)23-28-13(9-36-23)21(32)33)29-19(20-27-5-6-37-20)30-18(14)11-3-4-12(25)16(26)15(11)24/h2-3,6,9-13,20H,4-5,7-8H2,1H3,(H,31,32)(H,34,35);2-3,6,9-12,19H,4-5,7-8H2,1H3,(H,29,30)(H,32,33);3-6,9-10,18H,2,7-8H2,1H3,(H,29,30)(H,32,33). The van der Waals surface area contributed by atoms with E-state index in [9.17, 15) is 51.4 Å². The van der Waals surface area contributed by atoms with Crippen LogP contribution >= 0.6 is 84.5 Å². The van der Waals surface area contributed by atoms with E-state index in [0.29, 0.717) is 152 Å². The molecule has 0 saturated carbocycles. The Morgan fingerprint density at radius 3 is 1.54 bits per heavy atom. The number of allylic oxidation sites excluding steroid dienone is 2. The van der Waals surface area contributed by atoms with E-state index in [-0.39, 0.29) is 62.7 Å². The summed E-state index contributed by atoms with van der Waals surface area (Å²) in [5, 5.41) is 44.9. The van der Waals surface area contributed by atoms with Gasteiger partial charge in [0.25, 0.3) is 6.01 Å². The molecule has 3 unspecified atom stereocenters. The summed E-state index contributed by atoms with van der Waals surface area (Å²) in [6.45, 7) is 4.75. The maximum Gasteiger partial charge on any atom is 0.357 e. The van der Waals surface area contributed by atoms with Crippen LogP contribution in [-0.4, -0.2) is 164 Å². The average Bonchev–Trinajstić information content (AvgIpc) is 1.12. The number of hydrogen-bond donors (Lipinski definition) is 6. The molecular weight excluding hydrogens is 1650 g/mol. The molecular formula is C72H61BrCl2F4N16O13S4. The molecule has 3 fully saturated rings. The summed E-state index contributed by atoms with van der Waals surface area (Å²) in [5.74, 6) is -6.96. The molecule has 112 heavy (non-hydrogen) atoms. The molecule has 3 aromatic carbocycles. The van der Waals surface area contributed by atoms with E-state index in [0.717, 1.165) is 23.7 Å². The zero-order valence-corrected chi connectivity index (χ0v) is 65.0. The minimum absolute atomic E-state index is 0.0161. The molecule has 6 aliphatic rings. The number of halogens is 7. The summed E-state index contributed by atoms with van der Waals surface area (Å²) in [6, 6.07) is 7.98. The first-order chi connectivity index (χ1) is 54.0. The van der Waals surface area contributed by atoms with E-state index in [1.165, 1.54) is 103 Å². The van der Waals surface area contributed by atoms with Gasteiger partial charge < -0.3 is 64.6 Å². The first-order valence-electron chi connectivity index (χ1n) is 34.0. The van der Waals surface area contributed by atoms with E-state index in [1.807, 2.05) is 15.7 Å². The first kappa shape index (κ1) is 79.2. The van der Waals surface area contributed by atoms with Crippen LogP contribution in [0.15, 0.2) is 166 Å². The number of aliphatic imine (C=N–C) groups is 3. The van der Waals surface area contributed by atoms with Crippen LogP contribution in [0.25, 0.3) is 0 Å². The monoisotopic (exact) mass is 1710 g/mol. The second kappa shape index (κ2) is 34.8. The molecule has 0 radical (unpaired) electrons. The highest BCUT2D eigenvalue weighted by molar-refractivity contribution is 9.10. The number of carboxylic acid groups (broad SMARTS) is 3. The number of carbonyl (C=O) groups is 6. The molecule has 12 heterocycles. The highest BCUT2D eigenvalue weighted by Gasteiger charge is 2.44. The van der Waals surface area contributed by atoms with Crippen molar-refractivity contribution in [1.82, 2.24) is 50.8 Å². The Balaban J connectivity index is 0.000000147. The van der Waals surface area contributed by atoms with Crippen molar-refractivity contribution in [2.45, 2.75) is 50.7 Å². The number of rotatable bonds is 19. The Bertz CT molecular complexity index is 5280. The number of benzene rings is 3. The molecule has 6 N–H and O–H groups in total. The Morgan fingerprint density at radius 2 is 1.08 bits per heavy atom. The molecule has 6 aliphatic heterocycles. The smallest absolute Gasteiger partial charge is 0.357 e. The van der Waals surface area contributed by atoms with Crippen molar-refractivity contribution < 1.29 is 80.3 Å². The van der Waals surface area contributed by atoms with Crippen LogP contribution in [0, 0.1) is 41.0 Å². The summed E-state index contributed by atoms with van der Waals surface area (Å²) in [7, 11) is 2.63. The summed E-state index contributed by atoms with van der Waals surface area (Å²) >= 11 is 21.3. The lowest BCUT2D eigenvalue weighted by Gasteiger charge is -2.42. The molecule has 0 amide bonds. The third-order valence-electron chi connectivity index (χ3n) is 18.5. The van der Waals surface area contributed by atoms with Crippen molar-refractivity contribution in [1.29, 1.82) is 0 Å². The van der Waals surface area contributed by atoms with E-state index in [2.05, 4.69) is 76.7 Å². The number of nitrogens with one attached hydrogen (secondary N) is 3. The summed E-state index contributed by atoms with van der Waals surface area (Å²) in [4.78, 5) is 123. The van der Waals surface area contributed by atoms with Gasteiger partial charge >= 0.3 is 35.8 Å². The third-order valence-corrected chi connectivity index (χ3v) is 23.3. The Labute approximate surface area is 667 Å². The fraction of sp³-hybridized carbons (Fsp3) is 0.278. The van der Waals surface area contributed by atoms with Gasteiger partial charge in [0.1, 0.15) is 40.9 Å². The van der Waals surface area contributed by atoms with Gasteiger partial charge in [0.15, 0.2) is 55.0 Å². The first-order valence-corrected chi connectivity index (χ1v) is 39.0. The Morgan fingerprint density at radius 1 is 0.589 bits per heavy atom. The fourth-order valence-corrected chi connectivity index (χ4v) is 16.8. The number of carboxylic acids is 3. The Hall–Kier alpha value is -10.9. The normalized spacial score (nSPS) is 18.1. The summed E-state index contributed by atoms with van der Waals surface area (Å²) < 4.78 is 77.5. The lowest BCUT2D eigenvalue weighted by molar-refractivity contribution is -0.139. The predicted molar refractivity (Wildman–Crippen MR) is 409 cm³/mol. The van der Waals surface area contributed by atoms with Crippen LogP contribution in [-0.2, 0) is 28.6 Å². The number of nitrogens with zero attached hydrogens (tertiary/aromatic N) is 13. The quantitative estimate of drug-likeness (QED) is 0.0189. The van der Waals surface area contributed by atoms with Crippen LogP contribution in [0.4, 0.5) is 34.7 Å². The number of aromatic carboxylic acids is 3. The van der Waals surface area contributed by atoms with Gasteiger partial charge in [0.2, 0.25) is 5.95 Å². The van der Waals surface area contributed by atoms with Gasteiger partial charge in [-0.2, -0.15) is 4.98 Å². The zero-order valence-electron chi connectivity index (χ0n) is 58.7. The van der Waals surface area contributed by atoms with Gasteiger partial charge in [-0.05, 0) is 68.5 Å². The van der Waals surface area contributed by atoms with Crippen molar-refractivity contribution in [2.75, 3.05) is 74.8 Å². The molecule has 3 atom stereocenters. The van der Waals surface area contributed by atoms with Crippen molar-refractivity contribution in [3.8, 4) is 0 Å². The van der Waals surface area contributed by atoms with Crippen LogP contribution in [0.1, 0.15) is 113 Å². The third kappa shape index (κ3) is 17.1. The fourth-order valence-electron chi connectivity index (χ4n) is 13.1. The van der Waals surface area contributed by atoms with E-state index >= 15 is 0 Å². The second-order valence-corrected chi connectivity index (χ2v) is 30.5. The van der Waals surface area contributed by atoms with Gasteiger partial charge in [-0.15, -0.1) is 34.0 Å². The molecule has 0 bridgehead atoms. The van der Waals surface area contributed by atoms with Crippen LogP contribution in [0.2, 0.25) is 10.0 Å². The molecule has 9 aromatic rings. The molecule has 0 aliphatic carbocycles. The minimum atomic E-state index is -1.25. The SMILES string of the molecule is CCOC(=O)C1=C(C2CN(c3nc(C(=O)O)co3)C2)NC(c2nccs2)=NC1c1ccc(F)c(F)c1Cl.COC(=O)C1=C(C2CCN(c3ncc(C(=O)O)cn3)CC2)NC(c2nccs2)=NC1c1ccc(F)cc1Cl.COC(=O)C1=C(C2CCN(c3ncc(C(=O)O)s3)CC2)NC(c2nccs2)=NC1c1ccc(F)cc1Br. The zero-order chi connectivity index (χ0) is 79.2. The van der Waals surface area contributed by atoms with Gasteiger partial charge in [0, 0.05) is 142 Å². The van der Waals surface area contributed by atoms with E-state index in [1.54, 1.807) is 41.9 Å². The number of amidine groups is 3. The molecule has 29 nitrogen and oxygen atoms in total. The second-order valence-electron chi connectivity index (χ2n) is 25.1. The molecule has 40 heteroatoms. The predicted octanol–water partition coefficient (Wildman–Crippen LogP) is 12.3. The number of esters is 3. The maximum atomic E-state index is 14.4. The number of thiazole rings is 4. The van der Waals surface area contributed by atoms with Crippen molar-refractivity contribution in [3.05, 3.63) is 228 Å². The van der Waals surface area contributed by atoms with E-state index < -0.39 is 82.2 Å². The summed E-state index contributed by atoms with van der Waals surface area (Å²) in [5.41, 5.74) is 3.58. The van der Waals surface area contributed by atoms with E-state index in [4.69, 9.17) is 62.0 Å². The van der Waals surface area contributed by atoms with Gasteiger partial charge in [-0.25, -0.2) is 76.2 Å². The van der Waals surface area contributed by atoms with Gasteiger partial charge in [-0.3, -0.25) is 15.0 Å². The average molecular weight is 1710 g/mol. The molecule has 0 spiro atoms. The molecule has 580 valence electrons. The number of oxazole rings is 1. The highest BCUT2D eigenvalue weighted by atomic mass is 79.9. The number of carbonyl (C=O) groups excluding carboxylic acids is 3. The van der Waals surface area contributed by atoms with Crippen molar-refractivity contribution >= 4 is 155 Å². The number of anilines is 3. The largest absolute Gasteiger partial charge is 0.478 e. The van der Waals surface area contributed by atoms with Crippen LogP contribution in [0.5, 0.6) is 0 Å². The Kier molecular flexibility index (Phi) is 24.6. The lowest BCUT2D eigenvalue weighted by atomic mass is 9.85. The topological polar surface area (TPSA) is 377 Å². The maximum absolute atomic E-state index is 14.4. The minimum Gasteiger partial charge on any atom is -0.478 e.